The Morgan fingerprint density at radius 1 is 1.11 bits per heavy atom. The minimum Gasteiger partial charge on any atom is -0.497 e. The second kappa shape index (κ2) is 7.93. The van der Waals surface area contributed by atoms with Gasteiger partial charge in [0.15, 0.2) is 0 Å². The van der Waals surface area contributed by atoms with E-state index in [0.29, 0.717) is 19.6 Å². The summed E-state index contributed by atoms with van der Waals surface area (Å²) < 4.78 is 12.5. The molecule has 1 aromatic heterocycles. The molecule has 150 valence electrons. The van der Waals surface area contributed by atoms with E-state index in [4.69, 9.17) is 9.47 Å². The first kappa shape index (κ1) is 19.0. The number of carbonyl (C=O) groups excluding carboxylic acids is 1. The van der Waals surface area contributed by atoms with E-state index in [0.717, 1.165) is 44.0 Å². The summed E-state index contributed by atoms with van der Waals surface area (Å²) in [7, 11) is 3.34. The highest BCUT2D eigenvalue weighted by Crippen LogP contribution is 2.41. The molecule has 0 bridgehead atoms. The van der Waals surface area contributed by atoms with Crippen molar-refractivity contribution in [1.82, 2.24) is 14.7 Å². The second-order valence-electron chi connectivity index (χ2n) is 7.66. The van der Waals surface area contributed by atoms with Gasteiger partial charge in [0.25, 0.3) is 0 Å². The molecular weight excluding hydrogens is 356 g/mol. The molecule has 2 aromatic rings. The van der Waals surface area contributed by atoms with Gasteiger partial charge in [0.05, 0.1) is 38.4 Å². The predicted octanol–water partition coefficient (Wildman–Crippen LogP) is 2.27. The van der Waals surface area contributed by atoms with Gasteiger partial charge in [0.2, 0.25) is 5.91 Å². The number of rotatable bonds is 6. The van der Waals surface area contributed by atoms with E-state index in [1.807, 2.05) is 23.1 Å². The van der Waals surface area contributed by atoms with Crippen molar-refractivity contribution in [2.45, 2.75) is 31.3 Å². The van der Waals surface area contributed by atoms with E-state index in [9.17, 15) is 4.79 Å². The van der Waals surface area contributed by atoms with Crippen molar-refractivity contribution in [1.29, 1.82) is 0 Å². The van der Waals surface area contributed by atoms with Crippen molar-refractivity contribution in [3.8, 4) is 5.75 Å². The van der Waals surface area contributed by atoms with E-state index in [-0.39, 0.29) is 11.4 Å². The summed E-state index contributed by atoms with van der Waals surface area (Å²) in [4.78, 5) is 17.1. The number of ether oxygens (including phenoxy) is 2. The van der Waals surface area contributed by atoms with Gasteiger partial charge in [-0.25, -0.2) is 4.68 Å². The van der Waals surface area contributed by atoms with Gasteiger partial charge in [-0.15, -0.1) is 0 Å². The maximum Gasteiger partial charge on any atom is 0.230 e. The average Bonchev–Trinajstić information content (AvgIpc) is 3.21. The monoisotopic (exact) mass is 384 g/mol. The quantitative estimate of drug-likeness (QED) is 0.765. The third-order valence-corrected chi connectivity index (χ3v) is 6.00. The summed E-state index contributed by atoms with van der Waals surface area (Å²) in [6, 6.07) is 10.2. The first-order chi connectivity index (χ1) is 13.6. The topological polar surface area (TPSA) is 59.8 Å². The molecule has 0 N–H and O–H groups in total. The number of carbonyl (C=O) groups is 1. The molecule has 2 aliphatic heterocycles. The lowest BCUT2D eigenvalue weighted by Gasteiger charge is -2.46. The lowest BCUT2D eigenvalue weighted by atomic mass is 9.82. The van der Waals surface area contributed by atoms with Crippen LogP contribution in [0.15, 0.2) is 36.5 Å². The maximum absolute atomic E-state index is 12.9. The summed E-state index contributed by atoms with van der Waals surface area (Å²) >= 11 is 0. The maximum atomic E-state index is 12.9. The molecule has 1 aromatic carbocycles. The number of piperidine rings is 1. The number of hydrogen-bond acceptors (Lipinski definition) is 5. The fourth-order valence-electron chi connectivity index (χ4n) is 4.37. The van der Waals surface area contributed by atoms with Crippen molar-refractivity contribution >= 4 is 11.7 Å². The molecule has 3 heterocycles. The molecule has 1 saturated heterocycles. The molecule has 4 rings (SSSR count). The minimum atomic E-state index is -0.199. The van der Waals surface area contributed by atoms with E-state index in [1.54, 1.807) is 20.4 Å². The van der Waals surface area contributed by atoms with Crippen LogP contribution in [0.1, 0.15) is 24.8 Å². The highest BCUT2D eigenvalue weighted by Gasteiger charge is 2.45. The zero-order chi connectivity index (χ0) is 19.6. The standard InChI is InChI=1S/C21H28N4O3/c1-27-14-13-24-19-7-10-22-25(19)21(15-20(24)26)8-11-23(12-9-21)16-17-3-5-18(28-2)6-4-17/h3-7,10H,8-9,11-16H2,1-2H3. The van der Waals surface area contributed by atoms with Crippen molar-refractivity contribution in [3.63, 3.8) is 0 Å². The van der Waals surface area contributed by atoms with Crippen molar-refractivity contribution in [2.75, 3.05) is 45.4 Å². The van der Waals surface area contributed by atoms with Crippen molar-refractivity contribution in [3.05, 3.63) is 42.1 Å². The molecule has 1 amide bonds. The first-order valence-electron chi connectivity index (χ1n) is 9.84. The SMILES string of the molecule is COCCN1C(=O)CC2(CCN(Cc3ccc(OC)cc3)CC2)n2nccc21. The Labute approximate surface area is 165 Å². The number of likely N-dealkylation sites (tertiary alicyclic amines) is 1. The van der Waals surface area contributed by atoms with E-state index in [2.05, 4.69) is 26.8 Å². The van der Waals surface area contributed by atoms with Crippen LogP contribution in [0.5, 0.6) is 5.75 Å². The largest absolute Gasteiger partial charge is 0.497 e. The molecule has 1 fully saturated rings. The normalized spacial score (nSPS) is 19.1. The Bertz CT molecular complexity index is 809. The van der Waals surface area contributed by atoms with Gasteiger partial charge in [0.1, 0.15) is 11.6 Å². The van der Waals surface area contributed by atoms with Crippen LogP contribution in [-0.4, -0.2) is 61.0 Å². The summed E-state index contributed by atoms with van der Waals surface area (Å²) in [5, 5.41) is 4.60. The fourth-order valence-corrected chi connectivity index (χ4v) is 4.37. The molecule has 2 aliphatic rings. The van der Waals surface area contributed by atoms with Crippen molar-refractivity contribution < 1.29 is 14.3 Å². The molecule has 7 nitrogen and oxygen atoms in total. The third-order valence-electron chi connectivity index (χ3n) is 6.00. The van der Waals surface area contributed by atoms with Gasteiger partial charge in [-0.3, -0.25) is 14.6 Å². The Hall–Kier alpha value is -2.38. The molecule has 0 saturated carbocycles. The summed E-state index contributed by atoms with van der Waals surface area (Å²) in [6.45, 7) is 3.92. The number of hydrogen-bond donors (Lipinski definition) is 0. The van der Waals surface area contributed by atoms with E-state index >= 15 is 0 Å². The zero-order valence-corrected chi connectivity index (χ0v) is 16.6. The Kier molecular flexibility index (Phi) is 5.37. The lowest BCUT2D eigenvalue weighted by molar-refractivity contribution is -0.123. The number of benzene rings is 1. The number of aromatic nitrogens is 2. The smallest absolute Gasteiger partial charge is 0.230 e. The predicted molar refractivity (Wildman–Crippen MR) is 107 cm³/mol. The number of nitrogens with zero attached hydrogens (tertiary/aromatic N) is 4. The van der Waals surface area contributed by atoms with Gasteiger partial charge in [-0.1, -0.05) is 12.1 Å². The first-order valence-corrected chi connectivity index (χ1v) is 9.84. The van der Waals surface area contributed by atoms with Gasteiger partial charge in [-0.05, 0) is 30.5 Å². The van der Waals surface area contributed by atoms with Crippen LogP contribution in [0.4, 0.5) is 5.82 Å². The van der Waals surface area contributed by atoms with Crippen LogP contribution in [0.25, 0.3) is 0 Å². The third kappa shape index (κ3) is 3.52. The number of methoxy groups -OCH3 is 2. The molecule has 0 aliphatic carbocycles. The van der Waals surface area contributed by atoms with Crippen molar-refractivity contribution in [2.24, 2.45) is 0 Å². The summed E-state index contributed by atoms with van der Waals surface area (Å²) in [6.07, 6.45) is 4.18. The Balaban J connectivity index is 1.45. The molecule has 0 atom stereocenters. The molecular formula is C21H28N4O3. The zero-order valence-electron chi connectivity index (χ0n) is 16.6. The van der Waals surface area contributed by atoms with Crippen LogP contribution in [0.2, 0.25) is 0 Å². The van der Waals surface area contributed by atoms with Crippen LogP contribution in [0, 0.1) is 0 Å². The Morgan fingerprint density at radius 2 is 1.86 bits per heavy atom. The van der Waals surface area contributed by atoms with Crippen LogP contribution in [-0.2, 0) is 21.6 Å². The second-order valence-corrected chi connectivity index (χ2v) is 7.66. The van der Waals surface area contributed by atoms with E-state index in [1.165, 1.54) is 5.56 Å². The van der Waals surface area contributed by atoms with Gasteiger partial charge >= 0.3 is 0 Å². The van der Waals surface area contributed by atoms with Gasteiger partial charge in [0, 0.05) is 32.8 Å². The van der Waals surface area contributed by atoms with Gasteiger partial charge < -0.3 is 9.47 Å². The average molecular weight is 384 g/mol. The molecule has 0 unspecified atom stereocenters. The number of fused-ring (bicyclic) bond motifs is 2. The highest BCUT2D eigenvalue weighted by molar-refractivity contribution is 5.94. The van der Waals surface area contributed by atoms with Crippen LogP contribution in [0.3, 0.4) is 0 Å². The summed E-state index contributed by atoms with van der Waals surface area (Å²) in [5.41, 5.74) is 1.08. The Morgan fingerprint density at radius 3 is 2.54 bits per heavy atom. The number of amides is 1. The molecule has 0 radical (unpaired) electrons. The number of anilines is 1. The fraction of sp³-hybridized carbons (Fsp3) is 0.524. The molecule has 1 spiro atoms. The minimum absolute atomic E-state index is 0.175. The van der Waals surface area contributed by atoms with Crippen LogP contribution < -0.4 is 9.64 Å². The molecule has 28 heavy (non-hydrogen) atoms. The lowest BCUT2D eigenvalue weighted by Crippen LogP contribution is -2.54. The van der Waals surface area contributed by atoms with Crippen LogP contribution >= 0.6 is 0 Å². The summed E-state index contributed by atoms with van der Waals surface area (Å²) in [5.74, 6) is 1.96. The molecule has 7 heteroatoms. The highest BCUT2D eigenvalue weighted by atomic mass is 16.5. The van der Waals surface area contributed by atoms with E-state index < -0.39 is 0 Å². The van der Waals surface area contributed by atoms with Gasteiger partial charge in [-0.2, -0.15) is 5.10 Å².